The molecule has 27 nitrogen and oxygen atoms in total. The van der Waals surface area contributed by atoms with Crippen molar-refractivity contribution in [1.82, 2.24) is 0 Å². The van der Waals surface area contributed by atoms with Crippen molar-refractivity contribution in [2.45, 2.75) is 161 Å². The van der Waals surface area contributed by atoms with Crippen LogP contribution in [0.1, 0.15) is 117 Å². The van der Waals surface area contributed by atoms with E-state index in [0.29, 0.717) is 0 Å². The fourth-order valence-electron chi connectivity index (χ4n) is 13.0. The molecule has 8 aromatic rings. The van der Waals surface area contributed by atoms with Crippen LogP contribution < -0.4 is 0 Å². The molecule has 4 heterocycles. The van der Waals surface area contributed by atoms with Gasteiger partial charge in [0.2, 0.25) is 12.2 Å². The highest BCUT2D eigenvalue weighted by atomic mass is 35.6. The molecule has 30 heteroatoms. The van der Waals surface area contributed by atoms with E-state index in [1.807, 2.05) is 0 Å². The zero-order chi connectivity index (χ0) is 80.7. The first-order chi connectivity index (χ1) is 54.9. The molecule has 20 atom stereocenters. The quantitative estimate of drug-likeness (QED) is 0.0193. The van der Waals surface area contributed by atoms with E-state index in [-0.39, 0.29) is 44.5 Å². The van der Waals surface area contributed by atoms with Crippen molar-refractivity contribution in [3.05, 3.63) is 287 Å². The van der Waals surface area contributed by atoms with E-state index in [4.69, 9.17) is 121 Å². The van der Waals surface area contributed by atoms with Crippen molar-refractivity contribution in [1.29, 1.82) is 5.41 Å². The molecule has 4 fully saturated rings. The van der Waals surface area contributed by atoms with Crippen LogP contribution in [0.2, 0.25) is 0 Å². The van der Waals surface area contributed by atoms with Gasteiger partial charge in [0, 0.05) is 6.92 Å². The van der Waals surface area contributed by atoms with Gasteiger partial charge >= 0.3 is 53.7 Å². The van der Waals surface area contributed by atoms with Gasteiger partial charge < -0.3 is 80.5 Å². The summed E-state index contributed by atoms with van der Waals surface area (Å²) < 4.78 is 109. The second-order valence-corrected chi connectivity index (χ2v) is 28.8. The lowest BCUT2D eigenvalue weighted by atomic mass is 9.95. The minimum absolute atomic E-state index is 0.0118. The highest BCUT2D eigenvalue weighted by Crippen LogP contribution is 2.42. The van der Waals surface area contributed by atoms with E-state index in [0.717, 1.165) is 6.92 Å². The highest BCUT2D eigenvalue weighted by molar-refractivity contribution is 6.76. The Morgan fingerprint density at radius 1 is 0.254 bits per heavy atom. The number of esters is 9. The van der Waals surface area contributed by atoms with Gasteiger partial charge in [-0.2, -0.15) is 0 Å². The fourth-order valence-corrected chi connectivity index (χ4v) is 13.2. The monoisotopic (exact) mass is 1620 g/mol. The number of alkyl halides is 3. The Morgan fingerprint density at radius 2 is 0.439 bits per heavy atom. The summed E-state index contributed by atoms with van der Waals surface area (Å²) in [5.41, 5.74) is -0.169. The Balaban J connectivity index is 1.03. The van der Waals surface area contributed by atoms with E-state index in [1.54, 1.807) is 121 Å². The third-order valence-corrected chi connectivity index (χ3v) is 19.1. The first-order valence-electron chi connectivity index (χ1n) is 36.0. The number of rotatable bonds is 24. The molecule has 0 saturated carbocycles. The predicted molar refractivity (Wildman–Crippen MR) is 402 cm³/mol. The number of ether oxygens (including phenoxy) is 17. The van der Waals surface area contributed by atoms with Crippen LogP contribution in [0.15, 0.2) is 243 Å². The predicted octanol–water partition coefficient (Wildman–Crippen LogP) is 12.2. The number of nitrogens with one attached hydrogen (secondary N) is 1. The Bertz CT molecular complexity index is 4640. The van der Waals surface area contributed by atoms with Gasteiger partial charge in [-0.1, -0.05) is 180 Å². The Labute approximate surface area is 668 Å². The SMILES string of the molecule is CC(=O)O[C@@H]1[C@@H](OC(=O)c2ccccc2)[C@H](C)O[C@@H](O[C@@H]2[C@@H](OC(=O)c3ccccc3)[C@H](C)O[C@@H](O[C@@H]3[C@@H](OC(=O)c4ccccc4)[C@H](C)O[C@@H](OC(=N)C(Cl)(Cl)Cl)[C@@H]3OC(=O)c3ccccc3)[C@@H]2OC(=O)c2ccccc2)[C@@H]1O[C@@H]1O[C@@H](C)[C@H](OC(=O)c2ccccc2)[C@@H](OC(=O)c2ccccc2)[C@H]1OC(=O)c1ccccc1. The summed E-state index contributed by atoms with van der Waals surface area (Å²) in [6, 6.07) is 60.9. The number of halogens is 3. The zero-order valence-corrected chi connectivity index (χ0v) is 63.7. The van der Waals surface area contributed by atoms with Gasteiger partial charge in [-0.05, 0) is 125 Å². The number of carbonyl (C=O) groups excluding carboxylic acids is 9. The molecule has 0 spiro atoms. The van der Waals surface area contributed by atoms with Crippen molar-refractivity contribution >= 4 is 94.4 Å². The third kappa shape index (κ3) is 20.3. The molecule has 0 amide bonds. The van der Waals surface area contributed by atoms with Gasteiger partial charge in [0.05, 0.1) is 68.9 Å². The Hall–Kier alpha value is -11.0. The molecule has 114 heavy (non-hydrogen) atoms. The summed E-state index contributed by atoms with van der Waals surface area (Å²) in [6.07, 6.45) is -37.6. The first kappa shape index (κ1) is 82.5. The molecular weight excluding hydrogens is 1550 g/mol. The molecule has 0 aliphatic carbocycles. The summed E-state index contributed by atoms with van der Waals surface area (Å²) in [4.78, 5) is 132. The third-order valence-electron chi connectivity index (χ3n) is 18.6. The Kier molecular flexibility index (Phi) is 27.4. The average Bonchev–Trinajstić information content (AvgIpc) is 0.754. The van der Waals surface area contributed by atoms with Crippen LogP contribution >= 0.6 is 34.8 Å². The molecule has 4 aliphatic rings. The topological polar surface area (TPSA) is 334 Å². The maximum absolute atomic E-state index is 15.3. The smallest absolute Gasteiger partial charge is 0.338 e. The standard InChI is InChI=1S/C84H76Cl3NO26/c1-46-59(103-71(90)51-30-14-6-15-31-51)63(102-50(5)89)70(113-80-67(108-76(95)56-40-24-11-25-41-56)64(107-75(94)55-38-22-10-23-39-55)60(47(2)99-80)104-72(91)52-32-16-7-17-33-52)81(100-46)112-65-61(105-73(92)53-34-18-8-19-35-53)48(3)98-79(68(65)109-77(96)57-42-26-12-27-43-57)111-66-62(106-74(93)54-36-20-9-21-37-54)49(4)101-82(114-83(88)84(85,86)87)69(66)110-78(97)58-44-28-13-29-45-58/h6-49,59-70,79-82,88H,1-5H3/t46-,47-,48-,49-,59-,60-,61-,62-,63+,64+,65+,66+,67+,68+,69+,70+,79-,80-,81-,82-/m0/s1. The van der Waals surface area contributed by atoms with Crippen molar-refractivity contribution in [2.24, 2.45) is 0 Å². The summed E-state index contributed by atoms with van der Waals surface area (Å²) in [5, 5.41) is 8.80. The summed E-state index contributed by atoms with van der Waals surface area (Å²) in [7, 11) is 0. The van der Waals surface area contributed by atoms with E-state index in [2.05, 4.69) is 0 Å². The maximum atomic E-state index is 15.3. The van der Waals surface area contributed by atoms with Crippen molar-refractivity contribution < 1.29 is 124 Å². The van der Waals surface area contributed by atoms with Crippen LogP contribution in [0.3, 0.4) is 0 Å². The molecule has 8 aromatic carbocycles. The largest absolute Gasteiger partial charge is 0.455 e. The average molecular weight is 1620 g/mol. The second-order valence-electron chi connectivity index (χ2n) is 26.5. The van der Waals surface area contributed by atoms with Crippen LogP contribution in [0.5, 0.6) is 0 Å². The van der Waals surface area contributed by atoms with Crippen molar-refractivity contribution in [3.63, 3.8) is 0 Å². The molecule has 0 aromatic heterocycles. The molecular formula is C84H76Cl3NO26. The lowest BCUT2D eigenvalue weighted by Gasteiger charge is -2.51. The van der Waals surface area contributed by atoms with E-state index in [1.165, 1.54) is 149 Å². The molecule has 0 bridgehead atoms. The van der Waals surface area contributed by atoms with E-state index >= 15 is 4.79 Å². The van der Waals surface area contributed by atoms with Gasteiger partial charge in [-0.25, -0.2) is 38.4 Å². The number of hydrogen-bond donors (Lipinski definition) is 1. The van der Waals surface area contributed by atoms with Crippen molar-refractivity contribution in [2.75, 3.05) is 0 Å². The van der Waals surface area contributed by atoms with Crippen LogP contribution in [-0.4, -0.2) is 186 Å². The second kappa shape index (κ2) is 37.8. The van der Waals surface area contributed by atoms with Crippen LogP contribution in [0.25, 0.3) is 0 Å². The molecule has 1 N–H and O–H groups in total. The molecule has 12 rings (SSSR count). The fraction of sp³-hybridized carbons (Fsp3) is 0.310. The van der Waals surface area contributed by atoms with E-state index in [9.17, 15) is 38.4 Å². The van der Waals surface area contributed by atoms with Gasteiger partial charge in [0.15, 0.2) is 79.9 Å². The highest BCUT2D eigenvalue weighted by Gasteiger charge is 2.62. The minimum atomic E-state index is -2.59. The van der Waals surface area contributed by atoms with Gasteiger partial charge in [-0.15, -0.1) is 0 Å². The Morgan fingerprint density at radius 3 is 0.684 bits per heavy atom. The zero-order valence-electron chi connectivity index (χ0n) is 61.4. The molecule has 4 saturated heterocycles. The van der Waals surface area contributed by atoms with E-state index < -0.39 is 186 Å². The first-order valence-corrected chi connectivity index (χ1v) is 37.2. The summed E-state index contributed by atoms with van der Waals surface area (Å²) in [5.74, 6) is -10.3. The van der Waals surface area contributed by atoms with Gasteiger partial charge in [-0.3, -0.25) is 10.2 Å². The van der Waals surface area contributed by atoms with Crippen molar-refractivity contribution in [3.8, 4) is 0 Å². The summed E-state index contributed by atoms with van der Waals surface area (Å²) in [6.45, 7) is 6.69. The maximum Gasteiger partial charge on any atom is 0.338 e. The normalized spacial score (nSPS) is 27.3. The molecule has 0 unspecified atom stereocenters. The van der Waals surface area contributed by atoms with Crippen LogP contribution in [0, 0.1) is 5.41 Å². The number of carbonyl (C=O) groups is 9. The summed E-state index contributed by atoms with van der Waals surface area (Å²) >= 11 is 18.7. The number of hydrogen-bond acceptors (Lipinski definition) is 27. The van der Waals surface area contributed by atoms with Gasteiger partial charge in [0.25, 0.3) is 3.79 Å². The van der Waals surface area contributed by atoms with Crippen LogP contribution in [-0.2, 0) is 85.3 Å². The van der Waals surface area contributed by atoms with Gasteiger partial charge in [0.1, 0.15) is 12.2 Å². The molecule has 0 radical (unpaired) electrons. The lowest BCUT2D eigenvalue weighted by Crippen LogP contribution is -2.69. The molecule has 4 aliphatic heterocycles. The minimum Gasteiger partial charge on any atom is -0.455 e. The number of benzene rings is 8. The lowest BCUT2D eigenvalue weighted by molar-refractivity contribution is -0.388. The molecule has 594 valence electrons. The van der Waals surface area contributed by atoms with Crippen LogP contribution in [0.4, 0.5) is 0 Å².